The van der Waals surface area contributed by atoms with Crippen molar-refractivity contribution in [1.82, 2.24) is 0 Å². The first-order chi connectivity index (χ1) is 7.61. The molecule has 0 amide bonds. The fraction of sp³-hybridized carbons (Fsp3) is 0.500. The third-order valence-electron chi connectivity index (χ3n) is 2.70. The molecule has 0 aliphatic rings. The molecule has 1 aromatic carbocycles. The molecular formula is C12H18FNOS. The lowest BCUT2D eigenvalue weighted by molar-refractivity contribution is 0.276. The van der Waals surface area contributed by atoms with Gasteiger partial charge >= 0.3 is 0 Å². The second-order valence-corrected chi connectivity index (χ2v) is 4.72. The molecule has 0 spiro atoms. The van der Waals surface area contributed by atoms with Gasteiger partial charge in [0, 0.05) is 30.1 Å². The van der Waals surface area contributed by atoms with E-state index in [0.29, 0.717) is 11.6 Å². The van der Waals surface area contributed by atoms with E-state index in [0.717, 1.165) is 11.4 Å². The summed E-state index contributed by atoms with van der Waals surface area (Å²) in [5.74, 6) is 0.626. The summed E-state index contributed by atoms with van der Waals surface area (Å²) < 4.78 is 13.5. The van der Waals surface area contributed by atoms with E-state index in [1.54, 1.807) is 17.8 Å². The van der Waals surface area contributed by atoms with Crippen LogP contribution in [-0.4, -0.2) is 30.2 Å². The van der Waals surface area contributed by atoms with E-state index in [1.807, 2.05) is 24.3 Å². The van der Waals surface area contributed by atoms with Crippen molar-refractivity contribution < 1.29 is 9.50 Å². The van der Waals surface area contributed by atoms with Crippen molar-refractivity contribution in [3.63, 3.8) is 0 Å². The lowest BCUT2D eigenvalue weighted by Gasteiger charge is -2.28. The lowest BCUT2D eigenvalue weighted by atomic mass is 10.1. The number of aliphatic hydroxyl groups is 1. The maximum Gasteiger partial charge on any atom is 0.130 e. The SMILES string of the molecule is CSCC(C)N(C)c1cccc(F)c1CO. The third-order valence-corrected chi connectivity index (χ3v) is 3.52. The van der Waals surface area contributed by atoms with Crippen molar-refractivity contribution in [2.75, 3.05) is 24.0 Å². The van der Waals surface area contributed by atoms with Gasteiger partial charge in [-0.1, -0.05) is 6.07 Å². The van der Waals surface area contributed by atoms with E-state index in [9.17, 15) is 9.50 Å². The van der Waals surface area contributed by atoms with Gasteiger partial charge < -0.3 is 10.0 Å². The summed E-state index contributed by atoms with van der Waals surface area (Å²) in [7, 11) is 1.93. The summed E-state index contributed by atoms with van der Waals surface area (Å²) in [6.07, 6.45) is 2.04. The van der Waals surface area contributed by atoms with Crippen LogP contribution in [0.5, 0.6) is 0 Å². The molecule has 16 heavy (non-hydrogen) atoms. The first-order valence-corrected chi connectivity index (χ1v) is 6.61. The number of benzene rings is 1. The summed E-state index contributed by atoms with van der Waals surface area (Å²) in [6, 6.07) is 5.20. The summed E-state index contributed by atoms with van der Waals surface area (Å²) in [5, 5.41) is 9.19. The Hall–Kier alpha value is -0.740. The number of rotatable bonds is 5. The molecule has 0 radical (unpaired) electrons. The Labute approximate surface area is 100 Å². The minimum atomic E-state index is -0.344. The van der Waals surface area contributed by atoms with Crippen molar-refractivity contribution >= 4 is 17.4 Å². The number of nitrogens with zero attached hydrogens (tertiary/aromatic N) is 1. The quantitative estimate of drug-likeness (QED) is 0.859. The van der Waals surface area contributed by atoms with Gasteiger partial charge in [0.2, 0.25) is 0 Å². The Morgan fingerprint density at radius 3 is 2.75 bits per heavy atom. The fourth-order valence-electron chi connectivity index (χ4n) is 1.62. The minimum Gasteiger partial charge on any atom is -0.391 e. The van der Waals surface area contributed by atoms with Crippen LogP contribution in [0.1, 0.15) is 12.5 Å². The van der Waals surface area contributed by atoms with Crippen LogP contribution in [-0.2, 0) is 6.61 Å². The van der Waals surface area contributed by atoms with Gasteiger partial charge in [0.1, 0.15) is 5.82 Å². The Kier molecular flexibility index (Phi) is 5.09. The van der Waals surface area contributed by atoms with Crippen LogP contribution in [0.25, 0.3) is 0 Å². The summed E-state index contributed by atoms with van der Waals surface area (Å²) in [4.78, 5) is 2.01. The van der Waals surface area contributed by atoms with E-state index < -0.39 is 0 Å². The highest BCUT2D eigenvalue weighted by atomic mass is 32.2. The van der Waals surface area contributed by atoms with E-state index in [2.05, 4.69) is 6.92 Å². The highest BCUT2D eigenvalue weighted by Gasteiger charge is 2.15. The first kappa shape index (κ1) is 13.3. The maximum absolute atomic E-state index is 13.5. The molecule has 0 fully saturated rings. The van der Waals surface area contributed by atoms with E-state index in [4.69, 9.17) is 0 Å². The van der Waals surface area contributed by atoms with Gasteiger partial charge in [-0.3, -0.25) is 0 Å². The van der Waals surface area contributed by atoms with E-state index in [-0.39, 0.29) is 12.4 Å². The molecule has 0 heterocycles. The molecule has 0 aliphatic carbocycles. The van der Waals surface area contributed by atoms with Gasteiger partial charge in [-0.15, -0.1) is 0 Å². The molecule has 0 saturated heterocycles. The van der Waals surface area contributed by atoms with Gasteiger partial charge in [0.15, 0.2) is 0 Å². The van der Waals surface area contributed by atoms with Gasteiger partial charge in [0.25, 0.3) is 0 Å². The van der Waals surface area contributed by atoms with Crippen LogP contribution >= 0.6 is 11.8 Å². The monoisotopic (exact) mass is 243 g/mol. The number of thioether (sulfide) groups is 1. The van der Waals surface area contributed by atoms with E-state index in [1.165, 1.54) is 6.07 Å². The number of aliphatic hydroxyl groups excluding tert-OH is 1. The van der Waals surface area contributed by atoms with E-state index >= 15 is 0 Å². The molecule has 2 nitrogen and oxygen atoms in total. The predicted octanol–water partition coefficient (Wildman–Crippen LogP) is 2.51. The van der Waals surface area contributed by atoms with Crippen LogP contribution in [0.4, 0.5) is 10.1 Å². The highest BCUT2D eigenvalue weighted by molar-refractivity contribution is 7.98. The predicted molar refractivity (Wildman–Crippen MR) is 68.6 cm³/mol. The van der Waals surface area contributed by atoms with Crippen molar-refractivity contribution in [2.24, 2.45) is 0 Å². The van der Waals surface area contributed by atoms with Crippen molar-refractivity contribution in [2.45, 2.75) is 19.6 Å². The smallest absolute Gasteiger partial charge is 0.130 e. The number of anilines is 1. The molecule has 0 bridgehead atoms. The molecule has 1 rings (SSSR count). The molecule has 1 unspecified atom stereocenters. The van der Waals surface area contributed by atoms with Crippen LogP contribution in [0.3, 0.4) is 0 Å². The van der Waals surface area contributed by atoms with Gasteiger partial charge in [-0.25, -0.2) is 4.39 Å². The standard InChI is InChI=1S/C12H18FNOS/c1-9(8-16-3)14(2)12-6-4-5-11(13)10(12)7-15/h4-6,9,15H,7-8H2,1-3H3. The van der Waals surface area contributed by atoms with Gasteiger partial charge in [-0.05, 0) is 25.3 Å². The molecule has 0 aliphatic heterocycles. The van der Waals surface area contributed by atoms with Crippen LogP contribution in [0, 0.1) is 5.82 Å². The average Bonchev–Trinajstić information content (AvgIpc) is 2.28. The average molecular weight is 243 g/mol. The zero-order chi connectivity index (χ0) is 12.1. The Morgan fingerprint density at radius 2 is 2.19 bits per heavy atom. The Balaban J connectivity index is 2.98. The molecule has 0 aromatic heterocycles. The Morgan fingerprint density at radius 1 is 1.50 bits per heavy atom. The fourth-order valence-corrected chi connectivity index (χ4v) is 2.33. The minimum absolute atomic E-state index is 0.266. The maximum atomic E-state index is 13.5. The van der Waals surface area contributed by atoms with Crippen molar-refractivity contribution in [3.05, 3.63) is 29.6 Å². The second-order valence-electron chi connectivity index (χ2n) is 3.81. The van der Waals surface area contributed by atoms with Crippen LogP contribution < -0.4 is 4.90 Å². The zero-order valence-electron chi connectivity index (χ0n) is 9.90. The number of halogens is 1. The summed E-state index contributed by atoms with van der Waals surface area (Å²) in [5.41, 5.74) is 1.14. The normalized spacial score (nSPS) is 12.6. The number of hydrogen-bond donors (Lipinski definition) is 1. The zero-order valence-corrected chi connectivity index (χ0v) is 10.7. The molecular weight excluding hydrogens is 225 g/mol. The highest BCUT2D eigenvalue weighted by Crippen LogP contribution is 2.24. The van der Waals surface area contributed by atoms with Crippen LogP contribution in [0.15, 0.2) is 18.2 Å². The first-order valence-electron chi connectivity index (χ1n) is 5.21. The van der Waals surface area contributed by atoms with Crippen molar-refractivity contribution in [3.8, 4) is 0 Å². The van der Waals surface area contributed by atoms with Gasteiger partial charge in [-0.2, -0.15) is 11.8 Å². The van der Waals surface area contributed by atoms with Gasteiger partial charge in [0.05, 0.1) is 6.61 Å². The summed E-state index contributed by atoms with van der Waals surface area (Å²) in [6.45, 7) is 1.82. The molecule has 1 aromatic rings. The topological polar surface area (TPSA) is 23.5 Å². The van der Waals surface area contributed by atoms with Crippen molar-refractivity contribution in [1.29, 1.82) is 0 Å². The number of hydrogen-bond acceptors (Lipinski definition) is 3. The molecule has 4 heteroatoms. The summed E-state index contributed by atoms with van der Waals surface area (Å²) >= 11 is 1.75. The molecule has 90 valence electrons. The second kappa shape index (κ2) is 6.11. The molecule has 0 saturated carbocycles. The third kappa shape index (κ3) is 2.89. The molecule has 1 atom stereocenters. The largest absolute Gasteiger partial charge is 0.391 e. The van der Waals surface area contributed by atoms with Crippen LogP contribution in [0.2, 0.25) is 0 Å². The molecule has 1 N–H and O–H groups in total. The Bertz CT molecular complexity index is 346. The lowest BCUT2D eigenvalue weighted by Crippen LogP contribution is -2.31.